The second kappa shape index (κ2) is 4.34. The van der Waals surface area contributed by atoms with Crippen LogP contribution in [-0.4, -0.2) is 13.7 Å². The largest absolute Gasteiger partial charge is 0.228 e. The first-order valence-electron chi connectivity index (χ1n) is 5.53. The molecule has 1 aliphatic carbocycles. The van der Waals surface area contributed by atoms with Crippen molar-refractivity contribution in [2.24, 2.45) is 17.0 Å². The molecule has 0 aliphatic heterocycles. The first-order chi connectivity index (χ1) is 7.16. The maximum atomic E-state index is 11.6. The zero-order chi connectivity index (χ0) is 12.7. The molecule has 1 rings (SSSR count). The van der Waals surface area contributed by atoms with Crippen molar-refractivity contribution >= 4 is 10.0 Å². The van der Waals surface area contributed by atoms with Crippen LogP contribution >= 0.6 is 0 Å². The minimum absolute atomic E-state index is 0.0452. The lowest BCUT2D eigenvalue weighted by molar-refractivity contribution is 0.563. The van der Waals surface area contributed by atoms with Gasteiger partial charge in [-0.05, 0) is 32.6 Å². The van der Waals surface area contributed by atoms with Gasteiger partial charge in [-0.3, -0.25) is 0 Å². The van der Waals surface area contributed by atoms with Gasteiger partial charge in [0, 0.05) is 0 Å². The van der Waals surface area contributed by atoms with Crippen LogP contribution in [0.5, 0.6) is 0 Å². The van der Waals surface area contributed by atoms with Crippen LogP contribution in [0.25, 0.3) is 0 Å². The van der Waals surface area contributed by atoms with E-state index in [4.69, 9.17) is 5.14 Å². The molecular formula is C12H21NO2S. The molecule has 0 heterocycles. The number of allylic oxidation sites excluding steroid dienone is 3. The van der Waals surface area contributed by atoms with Crippen molar-refractivity contribution in [1.29, 1.82) is 0 Å². The van der Waals surface area contributed by atoms with Crippen LogP contribution in [0.2, 0.25) is 0 Å². The fraction of sp³-hybridized carbons (Fsp3) is 0.667. The van der Waals surface area contributed by atoms with Crippen molar-refractivity contribution in [1.82, 2.24) is 0 Å². The molecule has 3 nitrogen and oxygen atoms in total. The van der Waals surface area contributed by atoms with E-state index in [1.807, 2.05) is 26.8 Å². The van der Waals surface area contributed by atoms with Crippen molar-refractivity contribution in [3.05, 3.63) is 22.8 Å². The lowest BCUT2D eigenvalue weighted by Gasteiger charge is -2.22. The lowest BCUT2D eigenvalue weighted by Crippen LogP contribution is -2.35. The molecule has 3 unspecified atom stereocenters. The Hall–Kier alpha value is -0.610. The van der Waals surface area contributed by atoms with E-state index < -0.39 is 15.3 Å². The average Bonchev–Trinajstić information content (AvgIpc) is 2.17. The molecule has 0 aromatic carbocycles. The lowest BCUT2D eigenvalue weighted by atomic mass is 9.92. The van der Waals surface area contributed by atoms with Crippen LogP contribution in [0.1, 0.15) is 34.6 Å². The highest BCUT2D eigenvalue weighted by atomic mass is 32.2. The summed E-state index contributed by atoms with van der Waals surface area (Å²) in [6.45, 7) is 9.94. The summed E-state index contributed by atoms with van der Waals surface area (Å²) in [4.78, 5) is 0. The number of hydrogen-bond acceptors (Lipinski definition) is 2. The van der Waals surface area contributed by atoms with Crippen LogP contribution in [0.4, 0.5) is 0 Å². The molecular weight excluding hydrogens is 222 g/mol. The third-order valence-electron chi connectivity index (χ3n) is 3.76. The standard InChI is InChI=1S/C12H21NO2S/c1-7-6-8(2)12(16(13,14)15)11(5)10(4)9(7)3/h6-7,11-12H,1-5H3,(H2,13,14,15). The van der Waals surface area contributed by atoms with E-state index in [0.29, 0.717) is 0 Å². The Labute approximate surface area is 98.5 Å². The van der Waals surface area contributed by atoms with Gasteiger partial charge in [-0.1, -0.05) is 36.6 Å². The Morgan fingerprint density at radius 1 is 1.12 bits per heavy atom. The summed E-state index contributed by atoms with van der Waals surface area (Å²) >= 11 is 0. The van der Waals surface area contributed by atoms with E-state index in [1.165, 1.54) is 5.57 Å². The van der Waals surface area contributed by atoms with Gasteiger partial charge in [-0.25, -0.2) is 13.6 Å². The summed E-state index contributed by atoms with van der Waals surface area (Å²) in [5.74, 6) is 0.241. The topological polar surface area (TPSA) is 60.2 Å². The fourth-order valence-electron chi connectivity index (χ4n) is 2.50. The van der Waals surface area contributed by atoms with Gasteiger partial charge in [-0.2, -0.15) is 0 Å². The van der Waals surface area contributed by atoms with Crippen molar-refractivity contribution in [2.45, 2.75) is 39.9 Å². The number of hydrogen-bond donors (Lipinski definition) is 1. The quantitative estimate of drug-likeness (QED) is 0.718. The molecule has 0 aromatic heterocycles. The molecule has 0 saturated heterocycles. The zero-order valence-corrected chi connectivity index (χ0v) is 11.4. The van der Waals surface area contributed by atoms with Gasteiger partial charge in [0.25, 0.3) is 0 Å². The molecule has 2 N–H and O–H groups in total. The SMILES string of the molecule is CC1=CC(C)C(C)=C(C)C(C)C1S(N)(=O)=O. The van der Waals surface area contributed by atoms with E-state index in [-0.39, 0.29) is 11.8 Å². The van der Waals surface area contributed by atoms with Gasteiger partial charge in [0.05, 0.1) is 0 Å². The summed E-state index contributed by atoms with van der Waals surface area (Å²) in [7, 11) is -3.53. The molecule has 3 atom stereocenters. The molecule has 0 saturated carbocycles. The number of rotatable bonds is 1. The molecule has 16 heavy (non-hydrogen) atoms. The Morgan fingerprint density at radius 3 is 2.06 bits per heavy atom. The zero-order valence-electron chi connectivity index (χ0n) is 10.6. The van der Waals surface area contributed by atoms with E-state index in [0.717, 1.165) is 11.1 Å². The van der Waals surface area contributed by atoms with Crippen LogP contribution in [0, 0.1) is 11.8 Å². The molecule has 92 valence electrons. The third-order valence-corrected chi connectivity index (χ3v) is 5.25. The minimum Gasteiger partial charge on any atom is -0.228 e. The van der Waals surface area contributed by atoms with E-state index in [1.54, 1.807) is 0 Å². The van der Waals surface area contributed by atoms with Crippen LogP contribution < -0.4 is 5.14 Å². The molecule has 0 amide bonds. The molecule has 0 fully saturated rings. The molecule has 4 heteroatoms. The van der Waals surface area contributed by atoms with Gasteiger partial charge < -0.3 is 0 Å². The first-order valence-corrected chi connectivity index (χ1v) is 7.14. The molecule has 0 aromatic rings. The first kappa shape index (κ1) is 13.5. The average molecular weight is 243 g/mol. The predicted octanol–water partition coefficient (Wildman–Crippen LogP) is 2.21. The van der Waals surface area contributed by atoms with Crippen LogP contribution in [-0.2, 0) is 10.0 Å². The van der Waals surface area contributed by atoms with Crippen molar-refractivity contribution in [3.63, 3.8) is 0 Å². The molecule has 0 spiro atoms. The van der Waals surface area contributed by atoms with Gasteiger partial charge in [0.15, 0.2) is 0 Å². The normalized spacial score (nSPS) is 32.4. The fourth-order valence-corrected chi connectivity index (χ4v) is 3.87. The predicted molar refractivity (Wildman–Crippen MR) is 67.4 cm³/mol. The second-order valence-electron chi connectivity index (χ2n) is 4.86. The number of primary sulfonamides is 1. The summed E-state index contributed by atoms with van der Waals surface area (Å²) in [6, 6.07) is 0. The minimum atomic E-state index is -3.53. The van der Waals surface area contributed by atoms with Crippen molar-refractivity contribution in [3.8, 4) is 0 Å². The Morgan fingerprint density at radius 2 is 1.62 bits per heavy atom. The highest BCUT2D eigenvalue weighted by Gasteiger charge is 2.33. The Kier molecular flexibility index (Phi) is 3.65. The highest BCUT2D eigenvalue weighted by molar-refractivity contribution is 7.90. The van der Waals surface area contributed by atoms with E-state index >= 15 is 0 Å². The summed E-state index contributed by atoms with van der Waals surface area (Å²) in [5, 5.41) is 4.75. The smallest absolute Gasteiger partial charge is 0.216 e. The van der Waals surface area contributed by atoms with Gasteiger partial charge >= 0.3 is 0 Å². The monoisotopic (exact) mass is 243 g/mol. The Balaban J connectivity index is 3.38. The van der Waals surface area contributed by atoms with E-state index in [2.05, 4.69) is 13.8 Å². The molecule has 1 aliphatic rings. The highest BCUT2D eigenvalue weighted by Crippen LogP contribution is 2.34. The molecule has 0 radical (unpaired) electrons. The summed E-state index contributed by atoms with van der Waals surface area (Å²) < 4.78 is 23.3. The number of nitrogens with two attached hydrogens (primary N) is 1. The number of sulfonamides is 1. The van der Waals surface area contributed by atoms with Crippen molar-refractivity contribution in [2.75, 3.05) is 0 Å². The Bertz CT molecular complexity index is 446. The summed E-state index contributed by atoms with van der Waals surface area (Å²) in [6.07, 6.45) is 2.01. The van der Waals surface area contributed by atoms with Crippen molar-refractivity contribution < 1.29 is 8.42 Å². The third kappa shape index (κ3) is 2.38. The van der Waals surface area contributed by atoms with Gasteiger partial charge in [0.1, 0.15) is 5.25 Å². The van der Waals surface area contributed by atoms with Gasteiger partial charge in [0.2, 0.25) is 10.0 Å². The van der Waals surface area contributed by atoms with E-state index in [9.17, 15) is 8.42 Å². The van der Waals surface area contributed by atoms with Crippen LogP contribution in [0.15, 0.2) is 22.8 Å². The maximum absolute atomic E-state index is 11.6. The maximum Gasteiger partial charge on any atom is 0.216 e. The summed E-state index contributed by atoms with van der Waals surface area (Å²) in [5.41, 5.74) is 3.25. The molecule has 0 bridgehead atoms. The van der Waals surface area contributed by atoms with Gasteiger partial charge in [-0.15, -0.1) is 0 Å². The van der Waals surface area contributed by atoms with Crippen LogP contribution in [0.3, 0.4) is 0 Å². The second-order valence-corrected chi connectivity index (χ2v) is 6.55.